The number of carbonyl (C=O) groups excluding carboxylic acids is 1. The Hall–Kier alpha value is -1.03. The highest BCUT2D eigenvalue weighted by Crippen LogP contribution is 2.34. The molecule has 1 aromatic rings. The predicted octanol–water partition coefficient (Wildman–Crippen LogP) is 2.88. The Labute approximate surface area is 107 Å². The van der Waals surface area contributed by atoms with E-state index in [2.05, 4.69) is 18.0 Å². The number of amides is 1. The zero-order chi connectivity index (χ0) is 12.1. The van der Waals surface area contributed by atoms with Gasteiger partial charge in [-0.25, -0.2) is 4.98 Å². The van der Waals surface area contributed by atoms with Crippen LogP contribution in [0.2, 0.25) is 0 Å². The number of likely N-dealkylation sites (tertiary alicyclic amines) is 1. The van der Waals surface area contributed by atoms with Gasteiger partial charge >= 0.3 is 0 Å². The van der Waals surface area contributed by atoms with Gasteiger partial charge in [0.25, 0.3) is 0 Å². The van der Waals surface area contributed by atoms with Gasteiger partial charge in [0, 0.05) is 18.3 Å². The van der Waals surface area contributed by atoms with E-state index < -0.39 is 0 Å². The summed E-state index contributed by atoms with van der Waals surface area (Å²) in [5.74, 6) is 1.01. The van der Waals surface area contributed by atoms with Crippen molar-refractivity contribution in [3.8, 4) is 0 Å². The number of nitrogens with zero attached hydrogens (tertiary/aromatic N) is 2. The summed E-state index contributed by atoms with van der Waals surface area (Å²) in [7, 11) is 0. The highest BCUT2D eigenvalue weighted by atomic mass is 32.2. The second kappa shape index (κ2) is 6.05. The molecule has 2 heterocycles. The van der Waals surface area contributed by atoms with E-state index >= 15 is 0 Å². The fourth-order valence-electron chi connectivity index (χ4n) is 2.33. The maximum atomic E-state index is 11.1. The van der Waals surface area contributed by atoms with E-state index in [4.69, 9.17) is 0 Å². The number of aromatic nitrogens is 1. The van der Waals surface area contributed by atoms with Crippen molar-refractivity contribution in [3.63, 3.8) is 0 Å². The summed E-state index contributed by atoms with van der Waals surface area (Å²) in [5.41, 5.74) is 1.21. The van der Waals surface area contributed by atoms with Crippen LogP contribution in [-0.2, 0) is 4.79 Å². The van der Waals surface area contributed by atoms with Crippen LogP contribution in [0, 0.1) is 0 Å². The molecule has 1 atom stereocenters. The molecule has 3 nitrogen and oxygen atoms in total. The molecule has 1 fully saturated rings. The Kier molecular flexibility index (Phi) is 4.42. The molecule has 0 aromatic carbocycles. The number of rotatable bonds is 4. The topological polar surface area (TPSA) is 33.2 Å². The van der Waals surface area contributed by atoms with Crippen LogP contribution < -0.4 is 0 Å². The van der Waals surface area contributed by atoms with Crippen molar-refractivity contribution < 1.29 is 4.79 Å². The van der Waals surface area contributed by atoms with E-state index in [0.717, 1.165) is 36.6 Å². The minimum absolute atomic E-state index is 0.226. The van der Waals surface area contributed by atoms with E-state index in [1.54, 1.807) is 11.8 Å². The third kappa shape index (κ3) is 2.80. The Morgan fingerprint density at radius 3 is 3.24 bits per heavy atom. The van der Waals surface area contributed by atoms with Crippen LogP contribution >= 0.6 is 11.8 Å². The summed E-state index contributed by atoms with van der Waals surface area (Å²) in [5, 5.41) is 1.08. The van der Waals surface area contributed by atoms with Gasteiger partial charge in [-0.15, -0.1) is 11.8 Å². The maximum Gasteiger partial charge on any atom is 0.210 e. The number of piperidine rings is 1. The van der Waals surface area contributed by atoms with Gasteiger partial charge in [0.1, 0.15) is 5.03 Å². The van der Waals surface area contributed by atoms with Crippen molar-refractivity contribution >= 4 is 18.2 Å². The Morgan fingerprint density at radius 1 is 1.59 bits per heavy atom. The smallest absolute Gasteiger partial charge is 0.210 e. The SMILES string of the molecule is CCSc1ncccc1C1CCCCN1C=O. The van der Waals surface area contributed by atoms with E-state index in [0.29, 0.717) is 0 Å². The van der Waals surface area contributed by atoms with Gasteiger partial charge in [-0.3, -0.25) is 4.79 Å². The van der Waals surface area contributed by atoms with Crippen molar-refractivity contribution in [2.75, 3.05) is 12.3 Å². The highest BCUT2D eigenvalue weighted by Gasteiger charge is 2.24. The first-order chi connectivity index (χ1) is 8.36. The average Bonchev–Trinajstić information content (AvgIpc) is 2.40. The highest BCUT2D eigenvalue weighted by molar-refractivity contribution is 7.99. The lowest BCUT2D eigenvalue weighted by atomic mass is 9.97. The molecule has 1 aromatic heterocycles. The first kappa shape index (κ1) is 12.4. The summed E-state index contributed by atoms with van der Waals surface area (Å²) < 4.78 is 0. The molecule has 0 aliphatic carbocycles. The van der Waals surface area contributed by atoms with Crippen molar-refractivity contribution in [1.82, 2.24) is 9.88 Å². The summed E-state index contributed by atoms with van der Waals surface area (Å²) in [6, 6.07) is 4.30. The molecule has 0 saturated carbocycles. The van der Waals surface area contributed by atoms with Crippen molar-refractivity contribution in [1.29, 1.82) is 0 Å². The van der Waals surface area contributed by atoms with Gasteiger partial charge in [0.2, 0.25) is 6.41 Å². The molecule has 4 heteroatoms. The summed E-state index contributed by atoms with van der Waals surface area (Å²) in [4.78, 5) is 17.5. The predicted molar refractivity (Wildman–Crippen MR) is 70.0 cm³/mol. The molecule has 1 aliphatic heterocycles. The Bertz CT molecular complexity index is 383. The molecular formula is C13H18N2OS. The van der Waals surface area contributed by atoms with E-state index in [1.165, 1.54) is 12.0 Å². The standard InChI is InChI=1S/C13H18N2OS/c1-2-17-13-11(6-5-8-14-13)12-7-3-4-9-15(12)10-16/h5-6,8,10,12H,2-4,7,9H2,1H3. The van der Waals surface area contributed by atoms with Crippen LogP contribution in [0.5, 0.6) is 0 Å². The first-order valence-corrected chi connectivity index (χ1v) is 7.14. The number of hydrogen-bond donors (Lipinski definition) is 0. The minimum Gasteiger partial charge on any atom is -0.338 e. The molecule has 1 unspecified atom stereocenters. The van der Waals surface area contributed by atoms with Gasteiger partial charge in [0.05, 0.1) is 6.04 Å². The van der Waals surface area contributed by atoms with Crippen LogP contribution in [0.4, 0.5) is 0 Å². The molecule has 1 aliphatic rings. The monoisotopic (exact) mass is 250 g/mol. The molecule has 0 bridgehead atoms. The molecular weight excluding hydrogens is 232 g/mol. The molecule has 1 saturated heterocycles. The van der Waals surface area contributed by atoms with Gasteiger partial charge in [-0.2, -0.15) is 0 Å². The van der Waals surface area contributed by atoms with Crippen molar-refractivity contribution in [2.24, 2.45) is 0 Å². The quantitative estimate of drug-likeness (QED) is 0.608. The first-order valence-electron chi connectivity index (χ1n) is 6.15. The fourth-order valence-corrected chi connectivity index (χ4v) is 3.11. The van der Waals surface area contributed by atoms with Crippen LogP contribution in [0.25, 0.3) is 0 Å². The van der Waals surface area contributed by atoms with E-state index in [-0.39, 0.29) is 6.04 Å². The number of carbonyl (C=O) groups is 1. The molecule has 92 valence electrons. The Morgan fingerprint density at radius 2 is 2.47 bits per heavy atom. The number of pyridine rings is 1. The van der Waals surface area contributed by atoms with Crippen molar-refractivity contribution in [2.45, 2.75) is 37.3 Å². The summed E-state index contributed by atoms with van der Waals surface area (Å²) >= 11 is 1.75. The summed E-state index contributed by atoms with van der Waals surface area (Å²) in [6.07, 6.45) is 6.18. The molecule has 0 spiro atoms. The fraction of sp³-hybridized carbons (Fsp3) is 0.538. The third-order valence-corrected chi connectivity index (χ3v) is 4.02. The van der Waals surface area contributed by atoms with Crippen molar-refractivity contribution in [3.05, 3.63) is 23.9 Å². The molecule has 17 heavy (non-hydrogen) atoms. The van der Waals surface area contributed by atoms with Crippen LogP contribution in [0.15, 0.2) is 23.4 Å². The molecule has 2 rings (SSSR count). The minimum atomic E-state index is 0.226. The molecule has 1 amide bonds. The largest absolute Gasteiger partial charge is 0.338 e. The average molecular weight is 250 g/mol. The summed E-state index contributed by atoms with van der Waals surface area (Å²) in [6.45, 7) is 3.00. The second-order valence-electron chi connectivity index (χ2n) is 4.19. The normalized spacial score (nSPS) is 20.3. The van der Waals surface area contributed by atoms with Crippen LogP contribution in [0.1, 0.15) is 37.8 Å². The third-order valence-electron chi connectivity index (χ3n) is 3.12. The lowest BCUT2D eigenvalue weighted by Crippen LogP contribution is -2.32. The molecule has 0 radical (unpaired) electrons. The number of thioether (sulfide) groups is 1. The van der Waals surface area contributed by atoms with Gasteiger partial charge < -0.3 is 4.90 Å². The van der Waals surface area contributed by atoms with E-state index in [9.17, 15) is 4.79 Å². The van der Waals surface area contributed by atoms with Gasteiger partial charge in [0.15, 0.2) is 0 Å². The Balaban J connectivity index is 2.27. The van der Waals surface area contributed by atoms with Gasteiger partial charge in [-0.05, 0) is 31.1 Å². The van der Waals surface area contributed by atoms with Crippen LogP contribution in [0.3, 0.4) is 0 Å². The molecule has 0 N–H and O–H groups in total. The van der Waals surface area contributed by atoms with Gasteiger partial charge in [-0.1, -0.05) is 13.0 Å². The lowest BCUT2D eigenvalue weighted by molar-refractivity contribution is -0.121. The number of hydrogen-bond acceptors (Lipinski definition) is 3. The maximum absolute atomic E-state index is 11.1. The second-order valence-corrected chi connectivity index (χ2v) is 5.44. The lowest BCUT2D eigenvalue weighted by Gasteiger charge is -2.33. The zero-order valence-corrected chi connectivity index (χ0v) is 10.9. The zero-order valence-electron chi connectivity index (χ0n) is 10.1. The van der Waals surface area contributed by atoms with Crippen LogP contribution in [-0.4, -0.2) is 28.6 Å². The van der Waals surface area contributed by atoms with E-state index in [1.807, 2.05) is 17.2 Å².